The number of aryl methyl sites for hydroxylation is 1. The highest BCUT2D eigenvalue weighted by molar-refractivity contribution is 7.81. The van der Waals surface area contributed by atoms with Crippen LogP contribution in [0.25, 0.3) is 4.85 Å². The number of alkyl halides is 3. The van der Waals surface area contributed by atoms with Crippen LogP contribution >= 0.6 is 12.2 Å². The van der Waals surface area contributed by atoms with E-state index in [4.69, 9.17) is 30.5 Å². The Kier molecular flexibility index (Phi) is 54.2. The van der Waals surface area contributed by atoms with Crippen LogP contribution in [-0.4, -0.2) is 16.6 Å². The quantitative estimate of drug-likeness (QED) is 0.198. The number of nitriles is 1. The first kappa shape index (κ1) is 96.4. The number of anilines is 2. The van der Waals surface area contributed by atoms with Gasteiger partial charge in [0.1, 0.15) is 5.54 Å². The molecule has 1 aliphatic heterocycles. The van der Waals surface area contributed by atoms with Gasteiger partial charge in [-0.25, -0.2) is 4.85 Å². The zero-order chi connectivity index (χ0) is 89.3. The van der Waals surface area contributed by atoms with Crippen LogP contribution in [0.15, 0.2) is 42.5 Å². The molecule has 0 N–H and O–H groups in total. The highest BCUT2D eigenvalue weighted by atomic mass is 32.1. The molecule has 5 nitrogen and oxygen atoms in total. The Morgan fingerprint density at radius 3 is 0.661 bits per heavy atom. The van der Waals surface area contributed by atoms with E-state index in [1.54, 1.807) is 11.0 Å². The summed E-state index contributed by atoms with van der Waals surface area (Å²) in [5.41, 5.74) is -0.849. The second kappa shape index (κ2) is 69.8. The third kappa shape index (κ3) is 50.1. The first-order valence-electron chi connectivity index (χ1n) is 32.7. The lowest BCUT2D eigenvalue weighted by molar-refractivity contribution is -0.136. The van der Waals surface area contributed by atoms with E-state index in [9.17, 15) is 18.0 Å². The van der Waals surface area contributed by atoms with E-state index in [1.165, 1.54) is 6.07 Å². The number of hydrogen-bond donors (Lipinski definition) is 0. The average molecular weight is 1560 g/mol. The van der Waals surface area contributed by atoms with E-state index in [1.807, 2.05) is 45.0 Å². The molecule has 3 rings (SSSR count). The molecule has 124 heavy (non-hydrogen) atoms. The highest BCUT2D eigenvalue weighted by Crippen LogP contribution is 2.44. The molecule has 1 aliphatic rings. The Balaban J connectivity index is 0.00000143. The second-order valence-corrected chi connectivity index (χ2v) is 19.0. The van der Waals surface area contributed by atoms with Gasteiger partial charge in [-0.1, -0.05) is 37.6 Å². The Morgan fingerprint density at radius 1 is 0.323 bits per heavy atom. The lowest BCUT2D eigenvalue weighted by atomic mass is 9.90. The number of amides is 1. The van der Waals surface area contributed by atoms with Gasteiger partial charge in [-0.05, 0) is 104 Å². The summed E-state index contributed by atoms with van der Waals surface area (Å²) >= 11 is 5.60. The van der Waals surface area contributed by atoms with Crippen LogP contribution < -0.4 is 9.80 Å². The number of terminal acetylenes is 1. The minimum Gasteiger partial charge on any atom is -0.303 e. The van der Waals surface area contributed by atoms with Crippen molar-refractivity contribution in [3.8, 4) is 551 Å². The van der Waals surface area contributed by atoms with Gasteiger partial charge < -0.3 is 4.90 Å². The number of rotatable bonds is 4. The maximum Gasteiger partial charge on any atom is 0.407 e. The molecule has 0 unspecified atom stereocenters. The maximum atomic E-state index is 13.5. The molecule has 2 aromatic rings. The Morgan fingerprint density at radius 2 is 0.500 bits per heavy atom. The highest BCUT2D eigenvalue weighted by Gasteiger charge is 2.54. The molecule has 0 spiro atoms. The van der Waals surface area contributed by atoms with Crippen LogP contribution in [0, 0.1) is 570 Å². The van der Waals surface area contributed by atoms with Crippen molar-refractivity contribution >= 4 is 40.3 Å². The van der Waals surface area contributed by atoms with Crippen molar-refractivity contribution in [1.29, 1.82) is 5.26 Å². The topological polar surface area (TPSA) is 51.7 Å². The van der Waals surface area contributed by atoms with Crippen LogP contribution in [0.4, 0.5) is 30.2 Å². The summed E-state index contributed by atoms with van der Waals surface area (Å²) in [6.45, 7) is 12.7. The lowest BCUT2D eigenvalue weighted by Gasteiger charge is -2.34. The van der Waals surface area contributed by atoms with E-state index in [-0.39, 0.29) is 16.7 Å². The van der Waals surface area contributed by atoms with Crippen molar-refractivity contribution in [3.05, 3.63) is 65.0 Å². The molecule has 0 aliphatic carbocycles. The summed E-state index contributed by atoms with van der Waals surface area (Å²) in [5.74, 6) is 225. The maximum absolute atomic E-state index is 13.5. The van der Waals surface area contributed by atoms with Gasteiger partial charge in [0.2, 0.25) is 0 Å². The summed E-state index contributed by atoms with van der Waals surface area (Å²) in [6, 6.07) is 12.4. The molecular weight excluding hydrogens is 1540 g/mol. The van der Waals surface area contributed by atoms with Crippen molar-refractivity contribution in [3.63, 3.8) is 0 Å². The molecule has 1 heterocycles. The third-order valence-electron chi connectivity index (χ3n) is 11.2. The monoisotopic (exact) mass is 1560 g/mol. The minimum absolute atomic E-state index is 0.00520. The molecule has 2 aromatic carbocycles. The summed E-state index contributed by atoms with van der Waals surface area (Å²) in [7, 11) is 0. The van der Waals surface area contributed by atoms with Gasteiger partial charge in [0.15, 0.2) is 16.9 Å². The number of halogens is 3. The van der Waals surface area contributed by atoms with Crippen molar-refractivity contribution in [1.82, 2.24) is 0 Å². The molecule has 534 valence electrons. The van der Waals surface area contributed by atoms with Crippen molar-refractivity contribution < 1.29 is 18.0 Å². The molecule has 1 saturated heterocycles. The van der Waals surface area contributed by atoms with Crippen molar-refractivity contribution in [2.75, 3.05) is 9.80 Å². The van der Waals surface area contributed by atoms with E-state index in [0.717, 1.165) is 22.6 Å². The molecule has 0 saturated carbocycles. The summed E-state index contributed by atoms with van der Waals surface area (Å²) < 4.78 is 40.4. The van der Waals surface area contributed by atoms with Gasteiger partial charge in [0.05, 0.1) is 12.1 Å². The van der Waals surface area contributed by atoms with Crippen LogP contribution in [0.1, 0.15) is 37.8 Å². The van der Waals surface area contributed by atoms with Crippen molar-refractivity contribution in [2.24, 2.45) is 0 Å². The number of thiocarbonyl (C=S) groups is 1. The number of benzene rings is 2. The zero-order valence-electron chi connectivity index (χ0n) is 63.8. The van der Waals surface area contributed by atoms with Gasteiger partial charge in [-0.15, -0.1) is 6.42 Å². The third-order valence-corrected chi connectivity index (χ3v) is 11.6. The number of hydrogen-bond acceptors (Lipinski definition) is 3. The summed E-state index contributed by atoms with van der Waals surface area (Å²) in [6.07, 6.45) is 1.09. The SMILES string of the molecule is C#CC#CC#CC#CC#CC#CC#CC#CC#CC#CC#CC#CC#CC#CC#CC#CC#CC#CC#CC#CC#CC#CC#CC#CC#CC#CC#CC#CC#CC#CC#CC#CC#CC#CC#CC#CC#CC#CC#CC#CC#CC#CC#CC#CC#CC#CC#N.[C-]#[N+]c1ccc(N2C(=O)C(CC)(CC)N(c3ccc(C)cc3)C2=S)cc1C(F)(F)F. The predicted molar refractivity (Wildman–Crippen MR) is 479 cm³/mol. The molecule has 0 bridgehead atoms. The van der Waals surface area contributed by atoms with Gasteiger partial charge in [0, 0.05) is 503 Å². The number of nitrogens with zero attached hydrogens (tertiary/aromatic N) is 4. The fraction of sp³-hybridized carbons (Fsp3) is 0.0609. The molecule has 0 aromatic heterocycles. The van der Waals surface area contributed by atoms with Crippen LogP contribution in [0.5, 0.6) is 0 Å². The summed E-state index contributed by atoms with van der Waals surface area (Å²) in [4.78, 5) is 19.4. The Bertz CT molecular complexity index is 7900. The Hall–Kier alpha value is -23.7. The van der Waals surface area contributed by atoms with E-state index >= 15 is 0 Å². The molecule has 0 radical (unpaired) electrons. The minimum atomic E-state index is -4.72. The molecule has 0 atom stereocenters. The zero-order valence-corrected chi connectivity index (χ0v) is 64.6. The van der Waals surface area contributed by atoms with E-state index < -0.39 is 23.0 Å². The average Bonchev–Trinajstić information content (AvgIpc) is 1.57. The lowest BCUT2D eigenvalue weighted by Crippen LogP contribution is -2.49. The fourth-order valence-corrected chi connectivity index (χ4v) is 7.09. The predicted octanol–water partition coefficient (Wildman–Crippen LogP) is 6.56. The second-order valence-electron chi connectivity index (χ2n) is 18.6. The van der Waals surface area contributed by atoms with E-state index in [2.05, 4.69) is 544 Å². The first-order chi connectivity index (χ1) is 61.0. The fourth-order valence-electron chi connectivity index (χ4n) is 6.62. The Labute approximate surface area is 730 Å². The van der Waals surface area contributed by atoms with Crippen LogP contribution in [0.3, 0.4) is 0 Å². The smallest absolute Gasteiger partial charge is 0.303 e. The van der Waals surface area contributed by atoms with Gasteiger partial charge in [-0.2, -0.15) is 18.4 Å². The summed E-state index contributed by atoms with van der Waals surface area (Å²) in [5, 5.41) is 8.34. The first-order valence-corrected chi connectivity index (χ1v) is 33.1. The number of carbonyl (C=O) groups is 1. The number of carbonyl (C=O) groups excluding carboxylic acids is 1. The van der Waals surface area contributed by atoms with Crippen LogP contribution in [-0.2, 0) is 11.0 Å². The normalized spacial score (nSPS) is 6.90. The largest absolute Gasteiger partial charge is 0.407 e. The van der Waals surface area contributed by atoms with Crippen LogP contribution in [0.2, 0.25) is 0 Å². The molecular formula is C115H21F3N4OS. The van der Waals surface area contributed by atoms with Gasteiger partial charge in [-0.3, -0.25) is 9.69 Å². The standard InChI is InChI=1S/C93HN.C22H20F3N3OS/c1-2-3-4-5-6-7-8-9-10-11-12-13-14-15-16-17-18-19-20-21-22-23-24-25-26-27-28-29-30-31-32-33-34-35-36-37-38-39-40-41-42-43-44-45-46-47-48-49-50-51-52-53-54-55-56-57-58-59-60-61-62-63-64-65-66-67-68-69-70-71-72-73-74-75-76-77-78-79-80-81-82-83-84-85-86-87-88-89-90-91-92-93-94;1-5-21(6-2)19(29)27(20(30)28(21)15-9-7-14(3)8-10-15)16-11-12-18(26-4)17(13-16)22(23,24)25/h1H;7-13H,5-6H2,1-3H3. The molecule has 1 fully saturated rings. The molecule has 9 heteroatoms. The van der Waals surface area contributed by atoms with Gasteiger partial charge >= 0.3 is 6.18 Å². The van der Waals surface area contributed by atoms with Gasteiger partial charge in [0.25, 0.3) is 5.91 Å². The van der Waals surface area contributed by atoms with Crippen molar-refractivity contribution in [2.45, 2.75) is 45.3 Å². The van der Waals surface area contributed by atoms with E-state index in [0.29, 0.717) is 18.5 Å². The molecule has 1 amide bonds.